The van der Waals surface area contributed by atoms with Gasteiger partial charge in [0, 0.05) is 44.0 Å². The van der Waals surface area contributed by atoms with E-state index in [1.165, 1.54) is 12.4 Å². The quantitative estimate of drug-likeness (QED) is 0.801. The van der Waals surface area contributed by atoms with Crippen LogP contribution in [0.25, 0.3) is 0 Å². The fourth-order valence-corrected chi connectivity index (χ4v) is 2.38. The number of carbonyl (C=O) groups is 2. The number of aromatic nitrogens is 2. The molecule has 0 bridgehead atoms. The Kier molecular flexibility index (Phi) is 4.32. The molecule has 1 fully saturated rings. The molecule has 0 saturated carbocycles. The monoisotopic (exact) mass is 276 g/mol. The molecule has 1 aromatic rings. The topological polar surface area (TPSA) is 66.4 Å². The van der Waals surface area contributed by atoms with Gasteiger partial charge in [-0.3, -0.25) is 14.6 Å². The molecule has 6 nitrogen and oxygen atoms in total. The van der Waals surface area contributed by atoms with Crippen LogP contribution in [0.2, 0.25) is 0 Å². The number of hydrogen-bond donors (Lipinski definition) is 0. The van der Waals surface area contributed by atoms with Gasteiger partial charge in [-0.25, -0.2) is 4.98 Å². The Labute approximate surface area is 118 Å². The van der Waals surface area contributed by atoms with E-state index < -0.39 is 0 Å². The molecule has 0 N–H and O–H groups in total. The van der Waals surface area contributed by atoms with Crippen LogP contribution in [0.1, 0.15) is 31.3 Å². The zero-order valence-corrected chi connectivity index (χ0v) is 12.1. The molecule has 1 aliphatic rings. The van der Waals surface area contributed by atoms with Crippen LogP contribution in [0.15, 0.2) is 18.6 Å². The van der Waals surface area contributed by atoms with E-state index in [-0.39, 0.29) is 23.8 Å². The van der Waals surface area contributed by atoms with Gasteiger partial charge in [-0.1, -0.05) is 13.8 Å². The third-order valence-corrected chi connectivity index (χ3v) is 3.48. The summed E-state index contributed by atoms with van der Waals surface area (Å²) in [7, 11) is 0. The van der Waals surface area contributed by atoms with Crippen LogP contribution in [0, 0.1) is 5.92 Å². The summed E-state index contributed by atoms with van der Waals surface area (Å²) >= 11 is 0. The predicted molar refractivity (Wildman–Crippen MR) is 73.9 cm³/mol. The van der Waals surface area contributed by atoms with Crippen LogP contribution in [0.5, 0.6) is 0 Å². The predicted octanol–water partition coefficient (Wildman–Crippen LogP) is 0.805. The lowest BCUT2D eigenvalue weighted by atomic mass is 10.1. The maximum atomic E-state index is 12.3. The van der Waals surface area contributed by atoms with Crippen LogP contribution in [-0.2, 0) is 4.79 Å². The van der Waals surface area contributed by atoms with Gasteiger partial charge in [0.15, 0.2) is 0 Å². The number of rotatable bonds is 2. The minimum absolute atomic E-state index is 0.00978. The van der Waals surface area contributed by atoms with Crippen molar-refractivity contribution in [2.75, 3.05) is 19.6 Å². The molecule has 2 rings (SSSR count). The first-order valence-electron chi connectivity index (χ1n) is 6.86. The van der Waals surface area contributed by atoms with Gasteiger partial charge < -0.3 is 9.80 Å². The van der Waals surface area contributed by atoms with E-state index >= 15 is 0 Å². The molecule has 108 valence electrons. The van der Waals surface area contributed by atoms with Crippen LogP contribution >= 0.6 is 0 Å². The fraction of sp³-hybridized carbons (Fsp3) is 0.571. The highest BCUT2D eigenvalue weighted by Crippen LogP contribution is 2.14. The van der Waals surface area contributed by atoms with Crippen LogP contribution in [-0.4, -0.2) is 57.3 Å². The van der Waals surface area contributed by atoms with Crippen LogP contribution in [0.3, 0.4) is 0 Å². The smallest absolute Gasteiger partial charge is 0.274 e. The van der Waals surface area contributed by atoms with Crippen molar-refractivity contribution in [1.29, 1.82) is 0 Å². The first-order chi connectivity index (χ1) is 9.50. The molecule has 0 spiro atoms. The molecule has 2 amide bonds. The van der Waals surface area contributed by atoms with Crippen molar-refractivity contribution in [1.82, 2.24) is 19.8 Å². The summed E-state index contributed by atoms with van der Waals surface area (Å²) in [6.45, 7) is 7.42. The van der Waals surface area contributed by atoms with E-state index in [0.29, 0.717) is 25.3 Å². The van der Waals surface area contributed by atoms with Gasteiger partial charge >= 0.3 is 0 Å². The third-order valence-electron chi connectivity index (χ3n) is 3.48. The second-order valence-electron chi connectivity index (χ2n) is 5.38. The molecule has 0 aliphatic carbocycles. The molecule has 1 aromatic heterocycles. The highest BCUT2D eigenvalue weighted by molar-refractivity contribution is 5.92. The van der Waals surface area contributed by atoms with Crippen molar-refractivity contribution in [3.8, 4) is 0 Å². The Hall–Kier alpha value is -1.98. The van der Waals surface area contributed by atoms with Crippen molar-refractivity contribution in [2.45, 2.75) is 26.8 Å². The molecule has 6 heteroatoms. The number of hydrogen-bond acceptors (Lipinski definition) is 4. The van der Waals surface area contributed by atoms with Crippen molar-refractivity contribution < 1.29 is 9.59 Å². The van der Waals surface area contributed by atoms with Gasteiger partial charge in [0.25, 0.3) is 5.91 Å². The lowest BCUT2D eigenvalue weighted by molar-refractivity contribution is -0.136. The number of amides is 2. The standard InChI is InChI=1S/C14H20N4O2/c1-10(2)13(19)17-6-7-18(11(3)9-17)14(20)12-8-15-4-5-16-12/h4-5,8,10-11H,6-7,9H2,1-3H3. The second kappa shape index (κ2) is 5.98. The van der Waals surface area contributed by atoms with Crippen LogP contribution < -0.4 is 0 Å². The molecule has 0 radical (unpaired) electrons. The van der Waals surface area contributed by atoms with E-state index in [2.05, 4.69) is 9.97 Å². The molecule has 1 unspecified atom stereocenters. The molecular weight excluding hydrogens is 256 g/mol. The maximum absolute atomic E-state index is 12.3. The fourth-order valence-electron chi connectivity index (χ4n) is 2.38. The van der Waals surface area contributed by atoms with Gasteiger partial charge in [0.1, 0.15) is 5.69 Å². The molecule has 0 aromatic carbocycles. The molecular formula is C14H20N4O2. The van der Waals surface area contributed by atoms with Gasteiger partial charge in [0.2, 0.25) is 5.91 Å². The lowest BCUT2D eigenvalue weighted by Crippen LogP contribution is -2.56. The highest BCUT2D eigenvalue weighted by atomic mass is 16.2. The Bertz CT molecular complexity index is 489. The Morgan fingerprint density at radius 2 is 2.05 bits per heavy atom. The third kappa shape index (κ3) is 2.95. The SMILES string of the molecule is CC(C)C(=O)N1CCN(C(=O)c2cnccn2)C(C)C1. The van der Waals surface area contributed by atoms with Crippen molar-refractivity contribution in [3.63, 3.8) is 0 Å². The minimum Gasteiger partial charge on any atom is -0.339 e. The summed E-state index contributed by atoms with van der Waals surface area (Å²) in [4.78, 5) is 35.9. The number of piperazine rings is 1. The first kappa shape index (κ1) is 14.4. The largest absolute Gasteiger partial charge is 0.339 e. The highest BCUT2D eigenvalue weighted by Gasteiger charge is 2.31. The molecule has 1 aliphatic heterocycles. The second-order valence-corrected chi connectivity index (χ2v) is 5.38. The van der Waals surface area contributed by atoms with Gasteiger partial charge in [0.05, 0.1) is 6.20 Å². The number of nitrogens with zero attached hydrogens (tertiary/aromatic N) is 4. The van der Waals surface area contributed by atoms with Gasteiger partial charge in [-0.15, -0.1) is 0 Å². The van der Waals surface area contributed by atoms with Crippen molar-refractivity contribution in [2.24, 2.45) is 5.92 Å². The van der Waals surface area contributed by atoms with E-state index in [1.54, 1.807) is 11.1 Å². The van der Waals surface area contributed by atoms with Crippen molar-refractivity contribution in [3.05, 3.63) is 24.3 Å². The summed E-state index contributed by atoms with van der Waals surface area (Å²) in [5, 5.41) is 0. The minimum atomic E-state index is -0.123. The van der Waals surface area contributed by atoms with E-state index in [0.717, 1.165) is 0 Å². The van der Waals surface area contributed by atoms with Crippen LogP contribution in [0.4, 0.5) is 0 Å². The summed E-state index contributed by atoms with van der Waals surface area (Å²) in [5.74, 6) is 0.00939. The molecule has 1 atom stereocenters. The first-order valence-corrected chi connectivity index (χ1v) is 6.86. The zero-order valence-electron chi connectivity index (χ0n) is 12.1. The molecule has 1 saturated heterocycles. The van der Waals surface area contributed by atoms with Gasteiger partial charge in [-0.05, 0) is 6.92 Å². The van der Waals surface area contributed by atoms with E-state index in [9.17, 15) is 9.59 Å². The average Bonchev–Trinajstić information content (AvgIpc) is 2.46. The molecule has 20 heavy (non-hydrogen) atoms. The summed E-state index contributed by atoms with van der Waals surface area (Å²) in [5.41, 5.74) is 0.350. The summed E-state index contributed by atoms with van der Waals surface area (Å²) in [6.07, 6.45) is 4.52. The Balaban J connectivity index is 2.04. The maximum Gasteiger partial charge on any atom is 0.274 e. The van der Waals surface area contributed by atoms with Crippen molar-refractivity contribution >= 4 is 11.8 Å². The van der Waals surface area contributed by atoms with E-state index in [4.69, 9.17) is 0 Å². The Morgan fingerprint density at radius 1 is 1.30 bits per heavy atom. The van der Waals surface area contributed by atoms with E-state index in [1.807, 2.05) is 25.7 Å². The Morgan fingerprint density at radius 3 is 2.60 bits per heavy atom. The van der Waals surface area contributed by atoms with Gasteiger partial charge in [-0.2, -0.15) is 0 Å². The average molecular weight is 276 g/mol. The zero-order chi connectivity index (χ0) is 14.7. The number of carbonyl (C=O) groups excluding carboxylic acids is 2. The lowest BCUT2D eigenvalue weighted by Gasteiger charge is -2.40. The summed E-state index contributed by atoms with van der Waals surface area (Å²) < 4.78 is 0. The normalized spacial score (nSPS) is 19.3. The summed E-state index contributed by atoms with van der Waals surface area (Å²) in [6, 6.07) is -0.0130. The molecule has 2 heterocycles.